The van der Waals surface area contributed by atoms with Crippen molar-refractivity contribution in [1.82, 2.24) is 9.80 Å². The Morgan fingerprint density at radius 3 is 2.23 bits per heavy atom. The van der Waals surface area contributed by atoms with E-state index in [4.69, 9.17) is 9.47 Å². The van der Waals surface area contributed by atoms with Crippen LogP contribution in [0.1, 0.15) is 0 Å². The van der Waals surface area contributed by atoms with Gasteiger partial charge < -0.3 is 9.47 Å². The first-order valence-electron chi connectivity index (χ1n) is 8.21. The third-order valence-corrected chi connectivity index (χ3v) is 5.48. The van der Waals surface area contributed by atoms with Crippen LogP contribution in [0.15, 0.2) is 35.2 Å². The molecule has 2 heterocycles. The van der Waals surface area contributed by atoms with Crippen molar-refractivity contribution in [2.75, 3.05) is 64.9 Å². The summed E-state index contributed by atoms with van der Waals surface area (Å²) in [6, 6.07) is 11.3. The lowest BCUT2D eigenvalue weighted by atomic mass is 10.2. The molecule has 122 valence electrons. The predicted octanol–water partition coefficient (Wildman–Crippen LogP) is 1.81. The lowest BCUT2D eigenvalue weighted by molar-refractivity contribution is -0.00428. The molecule has 0 bridgehead atoms. The maximum atomic E-state index is 5.52. The van der Waals surface area contributed by atoms with E-state index in [-0.39, 0.29) is 0 Å². The van der Waals surface area contributed by atoms with Crippen molar-refractivity contribution in [1.29, 1.82) is 0 Å². The number of nitrogens with zero attached hydrogens (tertiary/aromatic N) is 2. The molecule has 1 aromatic rings. The number of rotatable bonds is 6. The minimum Gasteiger partial charge on any atom is -0.379 e. The quantitative estimate of drug-likeness (QED) is 0.744. The van der Waals surface area contributed by atoms with Gasteiger partial charge in [0, 0.05) is 49.4 Å². The van der Waals surface area contributed by atoms with Crippen LogP contribution in [-0.2, 0) is 9.47 Å². The Kier molecular flexibility index (Phi) is 6.58. The molecule has 0 amide bonds. The van der Waals surface area contributed by atoms with Gasteiger partial charge in [-0.15, -0.1) is 11.8 Å². The molecule has 3 rings (SSSR count). The molecule has 0 N–H and O–H groups in total. The molecule has 0 spiro atoms. The van der Waals surface area contributed by atoms with Crippen molar-refractivity contribution >= 4 is 11.8 Å². The summed E-state index contributed by atoms with van der Waals surface area (Å²) in [7, 11) is 0. The number of morpholine rings is 2. The summed E-state index contributed by atoms with van der Waals surface area (Å²) in [5, 5.41) is 0. The SMILES string of the molecule is c1ccc(SCC(CN2CCOCC2)N2CCOCC2)cc1. The fourth-order valence-electron chi connectivity index (χ4n) is 3.01. The summed E-state index contributed by atoms with van der Waals surface area (Å²) in [6.45, 7) is 8.89. The number of thioether (sulfide) groups is 1. The Hall–Kier alpha value is -0.590. The molecule has 2 saturated heterocycles. The molecule has 5 heteroatoms. The molecule has 2 aliphatic rings. The second-order valence-corrected chi connectivity index (χ2v) is 6.93. The smallest absolute Gasteiger partial charge is 0.0594 e. The Bertz CT molecular complexity index is 420. The van der Waals surface area contributed by atoms with Crippen LogP contribution >= 0.6 is 11.8 Å². The maximum Gasteiger partial charge on any atom is 0.0594 e. The normalized spacial score (nSPS) is 22.5. The van der Waals surface area contributed by atoms with Gasteiger partial charge in [-0.1, -0.05) is 18.2 Å². The Labute approximate surface area is 137 Å². The Balaban J connectivity index is 1.57. The van der Waals surface area contributed by atoms with Gasteiger partial charge in [0.15, 0.2) is 0 Å². The second kappa shape index (κ2) is 8.89. The van der Waals surface area contributed by atoms with E-state index in [1.165, 1.54) is 4.90 Å². The molecule has 1 atom stereocenters. The summed E-state index contributed by atoms with van der Waals surface area (Å²) in [6.07, 6.45) is 0. The van der Waals surface area contributed by atoms with E-state index >= 15 is 0 Å². The molecular weight excluding hydrogens is 296 g/mol. The maximum absolute atomic E-state index is 5.52. The number of ether oxygens (including phenoxy) is 2. The minimum atomic E-state index is 0.590. The van der Waals surface area contributed by atoms with Crippen molar-refractivity contribution in [2.24, 2.45) is 0 Å². The highest BCUT2D eigenvalue weighted by Gasteiger charge is 2.24. The van der Waals surface area contributed by atoms with Crippen LogP contribution in [0.25, 0.3) is 0 Å². The van der Waals surface area contributed by atoms with E-state index in [0.717, 1.165) is 64.9 Å². The van der Waals surface area contributed by atoms with Crippen molar-refractivity contribution in [2.45, 2.75) is 10.9 Å². The van der Waals surface area contributed by atoms with Crippen molar-refractivity contribution in [3.05, 3.63) is 30.3 Å². The average Bonchev–Trinajstić information content (AvgIpc) is 2.61. The van der Waals surface area contributed by atoms with Gasteiger partial charge in [-0.2, -0.15) is 0 Å². The largest absolute Gasteiger partial charge is 0.379 e. The molecular formula is C17H26N2O2S. The van der Waals surface area contributed by atoms with Crippen LogP contribution < -0.4 is 0 Å². The highest BCUT2D eigenvalue weighted by Crippen LogP contribution is 2.21. The summed E-state index contributed by atoms with van der Waals surface area (Å²) in [4.78, 5) is 6.52. The molecule has 4 nitrogen and oxygen atoms in total. The summed E-state index contributed by atoms with van der Waals surface area (Å²) in [5.74, 6) is 1.14. The molecule has 2 aliphatic heterocycles. The molecule has 0 aliphatic carbocycles. The van der Waals surface area contributed by atoms with Crippen molar-refractivity contribution in [3.63, 3.8) is 0 Å². The van der Waals surface area contributed by atoms with Gasteiger partial charge >= 0.3 is 0 Å². The molecule has 0 radical (unpaired) electrons. The Morgan fingerprint density at radius 1 is 0.909 bits per heavy atom. The summed E-state index contributed by atoms with van der Waals surface area (Å²) >= 11 is 1.97. The van der Waals surface area contributed by atoms with E-state index in [1.807, 2.05) is 11.8 Å². The first-order chi connectivity index (χ1) is 10.9. The van der Waals surface area contributed by atoms with Gasteiger partial charge in [-0.05, 0) is 12.1 Å². The van der Waals surface area contributed by atoms with Gasteiger partial charge in [0.2, 0.25) is 0 Å². The van der Waals surface area contributed by atoms with Gasteiger partial charge in [-0.25, -0.2) is 0 Å². The number of hydrogen-bond donors (Lipinski definition) is 0. The van der Waals surface area contributed by atoms with E-state index in [0.29, 0.717) is 6.04 Å². The van der Waals surface area contributed by atoms with Crippen LogP contribution in [0, 0.1) is 0 Å². The zero-order valence-corrected chi connectivity index (χ0v) is 14.0. The Morgan fingerprint density at radius 2 is 1.55 bits per heavy atom. The first kappa shape index (κ1) is 16.3. The third kappa shape index (κ3) is 4.96. The molecule has 0 aromatic heterocycles. The average molecular weight is 322 g/mol. The lowest BCUT2D eigenvalue weighted by Gasteiger charge is -2.38. The van der Waals surface area contributed by atoms with Crippen LogP contribution in [-0.4, -0.2) is 80.7 Å². The molecule has 0 saturated carbocycles. The van der Waals surface area contributed by atoms with Gasteiger partial charge in [0.05, 0.1) is 26.4 Å². The molecule has 1 aromatic carbocycles. The summed E-state index contributed by atoms with van der Waals surface area (Å²) < 4.78 is 11.0. The van der Waals surface area contributed by atoms with E-state index in [9.17, 15) is 0 Å². The van der Waals surface area contributed by atoms with Crippen LogP contribution in [0.3, 0.4) is 0 Å². The zero-order chi connectivity index (χ0) is 15.0. The molecule has 1 unspecified atom stereocenters. The topological polar surface area (TPSA) is 24.9 Å². The molecule has 22 heavy (non-hydrogen) atoms. The number of hydrogen-bond acceptors (Lipinski definition) is 5. The zero-order valence-electron chi connectivity index (χ0n) is 13.2. The fourth-order valence-corrected chi connectivity index (χ4v) is 4.06. The van der Waals surface area contributed by atoms with Crippen LogP contribution in [0.5, 0.6) is 0 Å². The summed E-state index contributed by atoms with van der Waals surface area (Å²) in [5.41, 5.74) is 0. The van der Waals surface area contributed by atoms with Gasteiger partial charge in [0.1, 0.15) is 0 Å². The van der Waals surface area contributed by atoms with E-state index in [2.05, 4.69) is 40.1 Å². The van der Waals surface area contributed by atoms with Gasteiger partial charge in [0.25, 0.3) is 0 Å². The van der Waals surface area contributed by atoms with E-state index in [1.54, 1.807) is 0 Å². The minimum absolute atomic E-state index is 0.590. The van der Waals surface area contributed by atoms with Crippen LogP contribution in [0.2, 0.25) is 0 Å². The highest BCUT2D eigenvalue weighted by atomic mass is 32.2. The monoisotopic (exact) mass is 322 g/mol. The van der Waals surface area contributed by atoms with Crippen LogP contribution in [0.4, 0.5) is 0 Å². The van der Waals surface area contributed by atoms with Crippen molar-refractivity contribution in [3.8, 4) is 0 Å². The molecule has 2 fully saturated rings. The predicted molar refractivity (Wildman–Crippen MR) is 90.6 cm³/mol. The van der Waals surface area contributed by atoms with E-state index < -0.39 is 0 Å². The van der Waals surface area contributed by atoms with Crippen molar-refractivity contribution < 1.29 is 9.47 Å². The standard InChI is InChI=1S/C17H26N2O2S/c1-2-4-17(5-3-1)22-15-16(19-8-12-21-13-9-19)14-18-6-10-20-11-7-18/h1-5,16H,6-15H2. The van der Waals surface area contributed by atoms with Gasteiger partial charge in [-0.3, -0.25) is 9.80 Å². The lowest BCUT2D eigenvalue weighted by Crippen LogP contribution is -2.51. The first-order valence-corrected chi connectivity index (χ1v) is 9.20. The number of benzene rings is 1. The fraction of sp³-hybridized carbons (Fsp3) is 0.647. The third-order valence-electron chi connectivity index (χ3n) is 4.32. The highest BCUT2D eigenvalue weighted by molar-refractivity contribution is 7.99. The second-order valence-electron chi connectivity index (χ2n) is 5.84.